The molecule has 1 atom stereocenters. The first-order valence-corrected chi connectivity index (χ1v) is 8.18. The highest BCUT2D eigenvalue weighted by Crippen LogP contribution is 2.28. The van der Waals surface area contributed by atoms with Crippen LogP contribution in [0.2, 0.25) is 5.02 Å². The van der Waals surface area contributed by atoms with Crippen molar-refractivity contribution in [1.82, 2.24) is 4.90 Å². The molecular formula is C17H24ClNO3. The number of carbonyl (C=O) groups excluding carboxylic acids is 1. The fourth-order valence-electron chi connectivity index (χ4n) is 3.00. The summed E-state index contributed by atoms with van der Waals surface area (Å²) >= 11 is 6.14. The number of nitrogens with zero attached hydrogens (tertiary/aromatic N) is 1. The summed E-state index contributed by atoms with van der Waals surface area (Å²) in [6.45, 7) is 1.56. The highest BCUT2D eigenvalue weighted by Gasteiger charge is 2.27. The number of halogens is 1. The third-order valence-electron chi connectivity index (χ3n) is 4.17. The average molecular weight is 326 g/mol. The molecule has 4 nitrogen and oxygen atoms in total. The Labute approximate surface area is 137 Å². The van der Waals surface area contributed by atoms with Crippen molar-refractivity contribution in [2.75, 3.05) is 27.4 Å². The smallest absolute Gasteiger partial charge is 0.254 e. The van der Waals surface area contributed by atoms with E-state index >= 15 is 0 Å². The summed E-state index contributed by atoms with van der Waals surface area (Å²) in [7, 11) is 3.28. The Bertz CT molecular complexity index is 507. The summed E-state index contributed by atoms with van der Waals surface area (Å²) in [6.07, 6.45) is 5.29. The van der Waals surface area contributed by atoms with Gasteiger partial charge in [0, 0.05) is 31.9 Å². The maximum atomic E-state index is 12.8. The zero-order valence-electron chi connectivity index (χ0n) is 13.3. The van der Waals surface area contributed by atoms with E-state index < -0.39 is 0 Å². The molecule has 1 fully saturated rings. The van der Waals surface area contributed by atoms with E-state index in [-0.39, 0.29) is 5.91 Å². The summed E-state index contributed by atoms with van der Waals surface area (Å²) in [5.74, 6) is 0.653. The van der Waals surface area contributed by atoms with Gasteiger partial charge in [-0.1, -0.05) is 11.6 Å². The molecule has 0 bridgehead atoms. The molecule has 122 valence electrons. The minimum absolute atomic E-state index is 0.0617. The zero-order chi connectivity index (χ0) is 15.9. The van der Waals surface area contributed by atoms with Crippen molar-refractivity contribution in [2.24, 2.45) is 0 Å². The SMILES string of the molecule is COCCCC1CCCCN1C(=O)c1ccc(OC)c(Cl)c1. The molecule has 2 rings (SSSR count). The van der Waals surface area contributed by atoms with E-state index in [1.54, 1.807) is 32.4 Å². The number of ether oxygens (including phenoxy) is 2. The van der Waals surface area contributed by atoms with Crippen molar-refractivity contribution in [1.29, 1.82) is 0 Å². The minimum Gasteiger partial charge on any atom is -0.495 e. The fraction of sp³-hybridized carbons (Fsp3) is 0.588. The predicted molar refractivity (Wildman–Crippen MR) is 87.8 cm³/mol. The van der Waals surface area contributed by atoms with E-state index in [2.05, 4.69) is 0 Å². The van der Waals surface area contributed by atoms with Crippen molar-refractivity contribution in [3.8, 4) is 5.75 Å². The molecule has 0 saturated carbocycles. The summed E-state index contributed by atoms with van der Waals surface area (Å²) < 4.78 is 10.3. The van der Waals surface area contributed by atoms with E-state index in [0.29, 0.717) is 22.4 Å². The molecule has 5 heteroatoms. The molecule has 1 aromatic rings. The zero-order valence-corrected chi connectivity index (χ0v) is 14.1. The van der Waals surface area contributed by atoms with Gasteiger partial charge in [-0.05, 0) is 50.3 Å². The number of hydrogen-bond acceptors (Lipinski definition) is 3. The topological polar surface area (TPSA) is 38.8 Å². The number of piperidine rings is 1. The number of carbonyl (C=O) groups is 1. The van der Waals surface area contributed by atoms with Gasteiger partial charge in [-0.3, -0.25) is 4.79 Å². The van der Waals surface area contributed by atoms with Crippen molar-refractivity contribution in [3.63, 3.8) is 0 Å². The highest BCUT2D eigenvalue weighted by atomic mass is 35.5. The first-order chi connectivity index (χ1) is 10.7. The molecule has 1 aromatic carbocycles. The summed E-state index contributed by atoms with van der Waals surface area (Å²) in [4.78, 5) is 14.8. The molecule has 0 radical (unpaired) electrons. The van der Waals surface area contributed by atoms with Crippen LogP contribution in [-0.2, 0) is 4.74 Å². The van der Waals surface area contributed by atoms with Crippen LogP contribution in [0, 0.1) is 0 Å². The first kappa shape index (κ1) is 17.1. The van der Waals surface area contributed by atoms with Gasteiger partial charge in [0.25, 0.3) is 5.91 Å². The van der Waals surface area contributed by atoms with Crippen molar-refractivity contribution in [2.45, 2.75) is 38.1 Å². The van der Waals surface area contributed by atoms with Crippen LogP contribution in [0.15, 0.2) is 18.2 Å². The van der Waals surface area contributed by atoms with Gasteiger partial charge in [0.15, 0.2) is 0 Å². The molecule has 0 spiro atoms. The van der Waals surface area contributed by atoms with Crippen molar-refractivity contribution >= 4 is 17.5 Å². The van der Waals surface area contributed by atoms with E-state index in [4.69, 9.17) is 21.1 Å². The van der Waals surface area contributed by atoms with E-state index in [0.717, 1.165) is 38.8 Å². The Morgan fingerprint density at radius 3 is 2.86 bits per heavy atom. The third-order valence-corrected chi connectivity index (χ3v) is 4.47. The Morgan fingerprint density at radius 1 is 1.36 bits per heavy atom. The monoisotopic (exact) mass is 325 g/mol. The molecule has 0 aromatic heterocycles. The number of hydrogen-bond donors (Lipinski definition) is 0. The van der Waals surface area contributed by atoms with Crippen LogP contribution in [0.3, 0.4) is 0 Å². The van der Waals surface area contributed by atoms with Gasteiger partial charge in [0.2, 0.25) is 0 Å². The molecule has 0 aliphatic carbocycles. The molecule has 1 unspecified atom stereocenters. The van der Waals surface area contributed by atoms with Crippen LogP contribution >= 0.6 is 11.6 Å². The molecule has 1 heterocycles. The quantitative estimate of drug-likeness (QED) is 0.747. The lowest BCUT2D eigenvalue weighted by Gasteiger charge is -2.36. The number of rotatable bonds is 6. The summed E-state index contributed by atoms with van der Waals surface area (Å²) in [6, 6.07) is 5.54. The third kappa shape index (κ3) is 4.14. The lowest BCUT2D eigenvalue weighted by molar-refractivity contribution is 0.0585. The highest BCUT2D eigenvalue weighted by molar-refractivity contribution is 6.32. The van der Waals surface area contributed by atoms with Gasteiger partial charge in [0.1, 0.15) is 5.75 Å². The molecule has 1 amide bonds. The number of amides is 1. The normalized spacial score (nSPS) is 18.3. The van der Waals surface area contributed by atoms with Gasteiger partial charge in [-0.15, -0.1) is 0 Å². The number of likely N-dealkylation sites (tertiary alicyclic amines) is 1. The predicted octanol–water partition coefficient (Wildman–Crippen LogP) is 3.77. The van der Waals surface area contributed by atoms with Gasteiger partial charge >= 0.3 is 0 Å². The van der Waals surface area contributed by atoms with Crippen LogP contribution < -0.4 is 4.74 Å². The van der Waals surface area contributed by atoms with Crippen molar-refractivity contribution in [3.05, 3.63) is 28.8 Å². The van der Waals surface area contributed by atoms with Crippen LogP contribution in [0.25, 0.3) is 0 Å². The second kappa shape index (κ2) is 8.39. The molecule has 0 N–H and O–H groups in total. The lowest BCUT2D eigenvalue weighted by Crippen LogP contribution is -2.43. The standard InChI is InChI=1S/C17H24ClNO3/c1-21-11-5-7-14-6-3-4-10-19(14)17(20)13-8-9-16(22-2)15(18)12-13/h8-9,12,14H,3-7,10-11H2,1-2H3. The molecule has 1 aliphatic rings. The summed E-state index contributed by atoms with van der Waals surface area (Å²) in [5, 5.41) is 0.473. The van der Waals surface area contributed by atoms with Crippen LogP contribution in [0.1, 0.15) is 42.5 Å². The van der Waals surface area contributed by atoms with E-state index in [1.165, 1.54) is 6.42 Å². The Balaban J connectivity index is 2.09. The van der Waals surface area contributed by atoms with Gasteiger partial charge in [-0.2, -0.15) is 0 Å². The molecule has 22 heavy (non-hydrogen) atoms. The Morgan fingerprint density at radius 2 is 2.18 bits per heavy atom. The second-order valence-corrected chi connectivity index (χ2v) is 6.04. The lowest BCUT2D eigenvalue weighted by atomic mass is 9.97. The molecule has 1 saturated heterocycles. The minimum atomic E-state index is 0.0617. The van der Waals surface area contributed by atoms with Crippen LogP contribution in [0.5, 0.6) is 5.75 Å². The Kier molecular flexibility index (Phi) is 6.52. The number of methoxy groups -OCH3 is 2. The molecule has 1 aliphatic heterocycles. The van der Waals surface area contributed by atoms with Gasteiger partial charge in [-0.25, -0.2) is 0 Å². The second-order valence-electron chi connectivity index (χ2n) is 5.63. The van der Waals surface area contributed by atoms with Crippen LogP contribution in [0.4, 0.5) is 0 Å². The number of benzene rings is 1. The van der Waals surface area contributed by atoms with Gasteiger partial charge in [0.05, 0.1) is 12.1 Å². The van der Waals surface area contributed by atoms with E-state index in [1.807, 2.05) is 4.90 Å². The van der Waals surface area contributed by atoms with Crippen LogP contribution in [-0.4, -0.2) is 44.2 Å². The van der Waals surface area contributed by atoms with Crippen molar-refractivity contribution < 1.29 is 14.3 Å². The molecular weight excluding hydrogens is 302 g/mol. The maximum absolute atomic E-state index is 12.8. The maximum Gasteiger partial charge on any atom is 0.254 e. The average Bonchev–Trinajstić information content (AvgIpc) is 2.55. The first-order valence-electron chi connectivity index (χ1n) is 7.80. The fourth-order valence-corrected chi connectivity index (χ4v) is 3.25. The largest absolute Gasteiger partial charge is 0.495 e. The van der Waals surface area contributed by atoms with Gasteiger partial charge < -0.3 is 14.4 Å². The summed E-state index contributed by atoms with van der Waals surface area (Å²) in [5.41, 5.74) is 0.629. The Hall–Kier alpha value is -1.26. The van der Waals surface area contributed by atoms with E-state index in [9.17, 15) is 4.79 Å².